The summed E-state index contributed by atoms with van der Waals surface area (Å²) in [6.07, 6.45) is 3.83. The highest BCUT2D eigenvalue weighted by Crippen LogP contribution is 2.23. The number of carboxylic acids is 1. The highest BCUT2D eigenvalue weighted by atomic mass is 16.4. The predicted octanol–water partition coefficient (Wildman–Crippen LogP) is 1.26. The molecule has 6 nitrogen and oxygen atoms in total. The molecule has 0 saturated heterocycles. The number of nitrogens with one attached hydrogen (secondary N) is 2. The highest BCUT2D eigenvalue weighted by molar-refractivity contribution is 5.95. The molecule has 1 fully saturated rings. The number of hydrogen-bond acceptors (Lipinski definition) is 3. The first-order valence-electron chi connectivity index (χ1n) is 6.31. The molecule has 0 aromatic carbocycles. The van der Waals surface area contributed by atoms with Crippen LogP contribution in [0.1, 0.15) is 45.4 Å². The van der Waals surface area contributed by atoms with Crippen LogP contribution in [-0.4, -0.2) is 29.1 Å². The molecule has 1 aliphatic carbocycles. The first-order chi connectivity index (χ1) is 8.49. The summed E-state index contributed by atoms with van der Waals surface area (Å²) in [5, 5.41) is 13.3. The zero-order valence-corrected chi connectivity index (χ0v) is 10.6. The quantitative estimate of drug-likeness (QED) is 0.705. The lowest BCUT2D eigenvalue weighted by atomic mass is 9.86. The largest absolute Gasteiger partial charge is 0.481 e. The van der Waals surface area contributed by atoms with Gasteiger partial charge in [0, 0.05) is 12.5 Å². The second-order valence-corrected chi connectivity index (χ2v) is 4.78. The van der Waals surface area contributed by atoms with Crippen LogP contribution in [0.2, 0.25) is 0 Å². The lowest BCUT2D eigenvalue weighted by Gasteiger charge is -2.29. The molecule has 18 heavy (non-hydrogen) atoms. The fraction of sp³-hybridized carbons (Fsp3) is 0.750. The van der Waals surface area contributed by atoms with Crippen molar-refractivity contribution in [3.8, 4) is 0 Å². The third-order valence-corrected chi connectivity index (χ3v) is 3.25. The van der Waals surface area contributed by atoms with E-state index in [-0.39, 0.29) is 18.9 Å². The number of carbonyl (C=O) groups is 3. The molecule has 6 heteroatoms. The van der Waals surface area contributed by atoms with E-state index in [4.69, 9.17) is 5.11 Å². The van der Waals surface area contributed by atoms with Crippen molar-refractivity contribution in [1.82, 2.24) is 10.6 Å². The van der Waals surface area contributed by atoms with Crippen LogP contribution in [0.15, 0.2) is 0 Å². The Balaban J connectivity index is 2.27. The normalized spacial score (nSPS) is 23.2. The summed E-state index contributed by atoms with van der Waals surface area (Å²) in [4.78, 5) is 33.0. The van der Waals surface area contributed by atoms with Gasteiger partial charge in [0.05, 0.1) is 6.42 Å². The Morgan fingerprint density at radius 3 is 2.44 bits per heavy atom. The second kappa shape index (κ2) is 6.98. The van der Waals surface area contributed by atoms with E-state index in [2.05, 4.69) is 17.6 Å². The van der Waals surface area contributed by atoms with Crippen molar-refractivity contribution in [2.24, 2.45) is 5.92 Å². The Hall–Kier alpha value is -1.59. The molecular formula is C12H20N2O4. The number of hydrogen-bond donors (Lipinski definition) is 3. The summed E-state index contributed by atoms with van der Waals surface area (Å²) >= 11 is 0. The first-order valence-corrected chi connectivity index (χ1v) is 6.31. The van der Waals surface area contributed by atoms with Crippen molar-refractivity contribution in [1.29, 1.82) is 0 Å². The van der Waals surface area contributed by atoms with Crippen LogP contribution in [0.5, 0.6) is 0 Å². The minimum Gasteiger partial charge on any atom is -0.481 e. The first kappa shape index (κ1) is 14.5. The molecule has 1 saturated carbocycles. The van der Waals surface area contributed by atoms with Gasteiger partial charge in [-0.15, -0.1) is 0 Å². The van der Waals surface area contributed by atoms with E-state index in [1.807, 2.05) is 0 Å². The van der Waals surface area contributed by atoms with E-state index in [1.165, 1.54) is 6.42 Å². The SMILES string of the molecule is CC1CCCCC1NC(=O)NC(=O)CCC(=O)O. The molecule has 1 rings (SSSR count). The molecule has 0 aromatic rings. The Morgan fingerprint density at radius 2 is 1.83 bits per heavy atom. The average Bonchev–Trinajstić information content (AvgIpc) is 2.29. The molecule has 2 atom stereocenters. The lowest BCUT2D eigenvalue weighted by molar-refractivity contribution is -0.138. The van der Waals surface area contributed by atoms with Gasteiger partial charge in [-0.05, 0) is 18.8 Å². The van der Waals surface area contributed by atoms with Crippen LogP contribution in [-0.2, 0) is 9.59 Å². The number of carboxylic acid groups (broad SMARTS) is 1. The summed E-state index contributed by atoms with van der Waals surface area (Å²) < 4.78 is 0. The Kier molecular flexibility index (Phi) is 5.61. The fourth-order valence-electron chi connectivity index (χ4n) is 2.14. The van der Waals surface area contributed by atoms with Crippen LogP contribution in [0.25, 0.3) is 0 Å². The number of urea groups is 1. The van der Waals surface area contributed by atoms with Crippen molar-refractivity contribution in [2.75, 3.05) is 0 Å². The molecule has 0 aliphatic heterocycles. The summed E-state index contributed by atoms with van der Waals surface area (Å²) in [6, 6.07) is -0.421. The zero-order valence-electron chi connectivity index (χ0n) is 10.6. The third kappa shape index (κ3) is 5.16. The van der Waals surface area contributed by atoms with Crippen LogP contribution in [0.4, 0.5) is 4.79 Å². The van der Waals surface area contributed by atoms with Crippen molar-refractivity contribution in [2.45, 2.75) is 51.5 Å². The van der Waals surface area contributed by atoms with Crippen LogP contribution >= 0.6 is 0 Å². The molecule has 0 aromatic heterocycles. The maximum atomic E-state index is 11.5. The lowest BCUT2D eigenvalue weighted by Crippen LogP contribution is -2.47. The van der Waals surface area contributed by atoms with Crippen molar-refractivity contribution in [3.63, 3.8) is 0 Å². The highest BCUT2D eigenvalue weighted by Gasteiger charge is 2.23. The summed E-state index contributed by atoms with van der Waals surface area (Å²) in [6.45, 7) is 2.08. The van der Waals surface area contributed by atoms with Crippen LogP contribution in [0, 0.1) is 5.92 Å². The van der Waals surface area contributed by atoms with Gasteiger partial charge in [0.2, 0.25) is 5.91 Å². The molecule has 2 unspecified atom stereocenters. The van der Waals surface area contributed by atoms with Gasteiger partial charge >= 0.3 is 12.0 Å². The Morgan fingerprint density at radius 1 is 1.17 bits per heavy atom. The summed E-state index contributed by atoms with van der Waals surface area (Å²) in [5.41, 5.74) is 0. The molecule has 0 radical (unpaired) electrons. The van der Waals surface area contributed by atoms with Crippen LogP contribution < -0.4 is 10.6 Å². The smallest absolute Gasteiger partial charge is 0.321 e. The van der Waals surface area contributed by atoms with E-state index in [1.54, 1.807) is 0 Å². The predicted molar refractivity (Wildman–Crippen MR) is 65.0 cm³/mol. The van der Waals surface area contributed by atoms with Gasteiger partial charge in [-0.1, -0.05) is 19.8 Å². The minimum absolute atomic E-state index is 0.103. The van der Waals surface area contributed by atoms with E-state index < -0.39 is 17.9 Å². The third-order valence-electron chi connectivity index (χ3n) is 3.25. The van der Waals surface area contributed by atoms with E-state index in [9.17, 15) is 14.4 Å². The summed E-state index contributed by atoms with van der Waals surface area (Å²) in [7, 11) is 0. The van der Waals surface area contributed by atoms with Gasteiger partial charge in [0.25, 0.3) is 0 Å². The molecule has 0 bridgehead atoms. The van der Waals surface area contributed by atoms with Crippen LogP contribution in [0.3, 0.4) is 0 Å². The maximum absolute atomic E-state index is 11.5. The number of rotatable bonds is 4. The average molecular weight is 256 g/mol. The second-order valence-electron chi connectivity index (χ2n) is 4.78. The van der Waals surface area contributed by atoms with Crippen molar-refractivity contribution < 1.29 is 19.5 Å². The standard InChI is InChI=1S/C12H20N2O4/c1-8-4-2-3-5-9(8)13-12(18)14-10(15)6-7-11(16)17/h8-9H,2-7H2,1H3,(H,16,17)(H2,13,14,15,18). The molecule has 0 heterocycles. The molecule has 1 aliphatic rings. The number of amides is 3. The topological polar surface area (TPSA) is 95.5 Å². The number of imide groups is 1. The summed E-state index contributed by atoms with van der Waals surface area (Å²) in [5.74, 6) is -1.19. The maximum Gasteiger partial charge on any atom is 0.321 e. The number of carbonyl (C=O) groups excluding carboxylic acids is 2. The fourth-order valence-corrected chi connectivity index (χ4v) is 2.14. The Labute approximate surface area is 106 Å². The van der Waals surface area contributed by atoms with Gasteiger partial charge in [-0.3, -0.25) is 14.9 Å². The van der Waals surface area contributed by atoms with Gasteiger partial charge in [0.15, 0.2) is 0 Å². The van der Waals surface area contributed by atoms with Gasteiger partial charge in [0.1, 0.15) is 0 Å². The molecule has 102 valence electrons. The molecule has 3 amide bonds. The van der Waals surface area contributed by atoms with Gasteiger partial charge < -0.3 is 10.4 Å². The molecule has 0 spiro atoms. The van der Waals surface area contributed by atoms with E-state index in [0.717, 1.165) is 19.3 Å². The zero-order chi connectivity index (χ0) is 13.5. The Bertz CT molecular complexity index is 330. The van der Waals surface area contributed by atoms with E-state index in [0.29, 0.717) is 5.92 Å². The van der Waals surface area contributed by atoms with E-state index >= 15 is 0 Å². The van der Waals surface area contributed by atoms with Crippen molar-refractivity contribution in [3.05, 3.63) is 0 Å². The molecular weight excluding hydrogens is 236 g/mol. The van der Waals surface area contributed by atoms with Crippen molar-refractivity contribution >= 4 is 17.9 Å². The minimum atomic E-state index is -1.05. The van der Waals surface area contributed by atoms with Gasteiger partial charge in [-0.2, -0.15) is 0 Å². The van der Waals surface area contributed by atoms with Gasteiger partial charge in [-0.25, -0.2) is 4.79 Å². The molecule has 3 N–H and O–H groups in total. The number of aliphatic carboxylic acids is 1. The monoisotopic (exact) mass is 256 g/mol.